The van der Waals surface area contributed by atoms with Crippen molar-refractivity contribution in [2.45, 2.75) is 23.9 Å². The van der Waals surface area contributed by atoms with Crippen molar-refractivity contribution in [2.24, 2.45) is 0 Å². The van der Waals surface area contributed by atoms with Crippen LogP contribution in [0.3, 0.4) is 0 Å². The molecule has 2 atom stereocenters. The van der Waals surface area contributed by atoms with Crippen LogP contribution < -0.4 is 15.4 Å². The zero-order valence-corrected chi connectivity index (χ0v) is 15.9. The summed E-state index contributed by atoms with van der Waals surface area (Å²) >= 11 is 0. The molecular formula is C19H20N2O6S. The first kappa shape index (κ1) is 19.8. The van der Waals surface area contributed by atoms with Crippen molar-refractivity contribution < 1.29 is 26.9 Å². The van der Waals surface area contributed by atoms with Gasteiger partial charge in [-0.05, 0) is 31.2 Å². The van der Waals surface area contributed by atoms with E-state index in [0.29, 0.717) is 5.75 Å². The molecule has 28 heavy (non-hydrogen) atoms. The van der Waals surface area contributed by atoms with Gasteiger partial charge in [0.15, 0.2) is 6.61 Å². The van der Waals surface area contributed by atoms with Gasteiger partial charge < -0.3 is 15.4 Å². The maximum Gasteiger partial charge on any atom is 0.297 e. The smallest absolute Gasteiger partial charge is 0.297 e. The third-order valence-corrected chi connectivity index (χ3v) is 5.45. The summed E-state index contributed by atoms with van der Waals surface area (Å²) in [5, 5.41) is 5.04. The predicted molar refractivity (Wildman–Crippen MR) is 100 cm³/mol. The minimum Gasteiger partial charge on any atom is -0.484 e. The molecule has 0 aliphatic carbocycles. The molecule has 0 spiro atoms. The highest BCUT2D eigenvalue weighted by atomic mass is 32.2. The average Bonchev–Trinajstić information content (AvgIpc) is 2.69. The molecule has 2 aromatic rings. The Morgan fingerprint density at radius 1 is 1.11 bits per heavy atom. The number of hydrogen-bond donors (Lipinski definition) is 2. The fourth-order valence-electron chi connectivity index (χ4n) is 2.56. The summed E-state index contributed by atoms with van der Waals surface area (Å²) in [6.07, 6.45) is 0. The van der Waals surface area contributed by atoms with Crippen molar-refractivity contribution >= 4 is 21.9 Å². The lowest BCUT2D eigenvalue weighted by Crippen LogP contribution is -2.71. The van der Waals surface area contributed by atoms with E-state index in [1.807, 2.05) is 13.0 Å². The number of amides is 2. The summed E-state index contributed by atoms with van der Waals surface area (Å²) in [6.45, 7) is 1.30. The number of aryl methyl sites for hydroxylation is 1. The molecule has 0 saturated carbocycles. The maximum atomic E-state index is 12.2. The normalized spacial score (nSPS) is 18.7. The van der Waals surface area contributed by atoms with E-state index < -0.39 is 34.0 Å². The maximum absolute atomic E-state index is 12.2. The fourth-order valence-corrected chi connectivity index (χ4v) is 3.49. The van der Waals surface area contributed by atoms with Crippen LogP contribution in [0.25, 0.3) is 0 Å². The first-order valence-electron chi connectivity index (χ1n) is 8.59. The number of para-hydroxylation sites is 1. The number of nitrogens with one attached hydrogen (secondary N) is 2. The second-order valence-corrected chi connectivity index (χ2v) is 7.93. The highest BCUT2D eigenvalue weighted by Gasteiger charge is 2.41. The van der Waals surface area contributed by atoms with Gasteiger partial charge in [-0.25, -0.2) is 0 Å². The Morgan fingerprint density at radius 3 is 2.43 bits per heavy atom. The fraction of sp³-hybridized carbons (Fsp3) is 0.263. The second-order valence-electron chi connectivity index (χ2n) is 6.31. The molecule has 2 unspecified atom stereocenters. The molecule has 1 aliphatic rings. The van der Waals surface area contributed by atoms with E-state index in [-0.39, 0.29) is 18.1 Å². The van der Waals surface area contributed by atoms with Crippen molar-refractivity contribution in [3.63, 3.8) is 0 Å². The van der Waals surface area contributed by atoms with E-state index in [4.69, 9.17) is 8.92 Å². The van der Waals surface area contributed by atoms with Gasteiger partial charge in [0.25, 0.3) is 16.0 Å². The van der Waals surface area contributed by atoms with Gasteiger partial charge in [0.2, 0.25) is 5.91 Å². The molecule has 0 bridgehead atoms. The first-order valence-corrected chi connectivity index (χ1v) is 10.00. The van der Waals surface area contributed by atoms with Crippen molar-refractivity contribution in [3.8, 4) is 5.75 Å². The van der Waals surface area contributed by atoms with Crippen LogP contribution in [-0.4, -0.2) is 45.5 Å². The summed E-state index contributed by atoms with van der Waals surface area (Å²) in [5.41, 5.74) is 0.922. The zero-order chi connectivity index (χ0) is 20.1. The molecule has 148 valence electrons. The molecule has 1 heterocycles. The van der Waals surface area contributed by atoms with Gasteiger partial charge in [0.1, 0.15) is 11.8 Å². The molecule has 2 aromatic carbocycles. The van der Waals surface area contributed by atoms with Crippen molar-refractivity contribution in [1.82, 2.24) is 10.6 Å². The summed E-state index contributed by atoms with van der Waals surface area (Å²) in [6, 6.07) is 13.5. The van der Waals surface area contributed by atoms with Gasteiger partial charge in [-0.3, -0.25) is 13.8 Å². The highest BCUT2D eigenvalue weighted by Crippen LogP contribution is 2.16. The Morgan fingerprint density at radius 2 is 1.79 bits per heavy atom. The molecular weight excluding hydrogens is 384 g/mol. The lowest BCUT2D eigenvalue weighted by atomic mass is 10.00. The number of rotatable bonds is 8. The molecule has 8 nitrogen and oxygen atoms in total. The van der Waals surface area contributed by atoms with Crippen LogP contribution in [0.1, 0.15) is 5.56 Å². The third kappa shape index (κ3) is 4.87. The van der Waals surface area contributed by atoms with Crippen LogP contribution in [0, 0.1) is 6.92 Å². The van der Waals surface area contributed by atoms with Crippen LogP contribution in [0.5, 0.6) is 5.75 Å². The topological polar surface area (TPSA) is 111 Å². The SMILES string of the molecule is Cc1ccc(S(=O)(=O)OCC2NC(=O)C2NC(=O)COc2ccccc2)cc1. The lowest BCUT2D eigenvalue weighted by Gasteiger charge is -2.36. The summed E-state index contributed by atoms with van der Waals surface area (Å²) in [7, 11) is -3.95. The molecule has 1 fully saturated rings. The summed E-state index contributed by atoms with van der Waals surface area (Å²) in [5.74, 6) is -0.371. The van der Waals surface area contributed by atoms with Crippen LogP contribution in [-0.2, 0) is 23.9 Å². The molecule has 1 saturated heterocycles. The van der Waals surface area contributed by atoms with E-state index in [1.54, 1.807) is 36.4 Å². The summed E-state index contributed by atoms with van der Waals surface area (Å²) < 4.78 is 34.8. The minimum absolute atomic E-state index is 0.0283. The Kier molecular flexibility index (Phi) is 5.96. The molecule has 2 N–H and O–H groups in total. The largest absolute Gasteiger partial charge is 0.484 e. The van der Waals surface area contributed by atoms with E-state index in [9.17, 15) is 18.0 Å². The van der Waals surface area contributed by atoms with Crippen LogP contribution in [0.4, 0.5) is 0 Å². The molecule has 9 heteroatoms. The van der Waals surface area contributed by atoms with Crippen LogP contribution in [0.2, 0.25) is 0 Å². The number of hydrogen-bond acceptors (Lipinski definition) is 6. The van der Waals surface area contributed by atoms with Crippen LogP contribution >= 0.6 is 0 Å². The Hall–Kier alpha value is -2.91. The van der Waals surface area contributed by atoms with E-state index in [1.165, 1.54) is 12.1 Å². The quantitative estimate of drug-likeness (QED) is 0.497. The van der Waals surface area contributed by atoms with Crippen molar-refractivity contribution in [1.29, 1.82) is 0 Å². The van der Waals surface area contributed by atoms with Gasteiger partial charge >= 0.3 is 0 Å². The standard InChI is InChI=1S/C19H20N2O6S/c1-13-7-9-15(10-8-13)28(24,25)27-11-16-18(19(23)20-16)21-17(22)12-26-14-5-3-2-4-6-14/h2-10,16,18H,11-12H2,1H3,(H,20,23)(H,21,22). The number of carbonyl (C=O) groups excluding carboxylic acids is 2. The van der Waals surface area contributed by atoms with Gasteiger partial charge in [-0.2, -0.15) is 8.42 Å². The van der Waals surface area contributed by atoms with E-state index >= 15 is 0 Å². The summed E-state index contributed by atoms with van der Waals surface area (Å²) in [4.78, 5) is 23.7. The third-order valence-electron chi connectivity index (χ3n) is 4.15. The molecule has 0 radical (unpaired) electrons. The van der Waals surface area contributed by atoms with Gasteiger partial charge in [-0.15, -0.1) is 0 Å². The molecule has 2 amide bonds. The first-order chi connectivity index (χ1) is 13.3. The highest BCUT2D eigenvalue weighted by molar-refractivity contribution is 7.86. The van der Waals surface area contributed by atoms with Gasteiger partial charge in [0, 0.05) is 0 Å². The average molecular weight is 404 g/mol. The Bertz CT molecular complexity index is 944. The number of β-lactam (4-membered cyclic amide) rings is 1. The molecule has 1 aliphatic heterocycles. The number of carbonyl (C=O) groups is 2. The predicted octanol–water partition coefficient (Wildman–Crippen LogP) is 0.763. The monoisotopic (exact) mass is 404 g/mol. The van der Waals surface area contributed by atoms with Crippen molar-refractivity contribution in [3.05, 3.63) is 60.2 Å². The Balaban J connectivity index is 1.50. The van der Waals surface area contributed by atoms with Crippen molar-refractivity contribution in [2.75, 3.05) is 13.2 Å². The van der Waals surface area contributed by atoms with E-state index in [2.05, 4.69) is 10.6 Å². The minimum atomic E-state index is -3.95. The molecule has 0 aromatic heterocycles. The molecule has 3 rings (SSSR count). The van der Waals surface area contributed by atoms with Crippen LogP contribution in [0.15, 0.2) is 59.5 Å². The second kappa shape index (κ2) is 8.41. The lowest BCUT2D eigenvalue weighted by molar-refractivity contribution is -0.137. The number of benzene rings is 2. The van der Waals surface area contributed by atoms with Gasteiger partial charge in [0.05, 0.1) is 17.5 Å². The van der Waals surface area contributed by atoms with E-state index in [0.717, 1.165) is 5.56 Å². The van der Waals surface area contributed by atoms with Gasteiger partial charge in [-0.1, -0.05) is 35.9 Å². The number of ether oxygens (including phenoxy) is 1. The Labute approximate surface area is 163 Å². The zero-order valence-electron chi connectivity index (χ0n) is 15.1.